The number of esters is 1. The number of hydrogen-bond donors (Lipinski definition) is 0. The molecule has 0 saturated carbocycles. The predicted molar refractivity (Wildman–Crippen MR) is 128 cm³/mol. The van der Waals surface area contributed by atoms with Crippen LogP contribution >= 0.6 is 0 Å². The third kappa shape index (κ3) is 6.15. The smallest absolute Gasteiger partial charge is 0.462 e. The standard InChI is InChI=1S/C28H24F5NO3/c1-3-16(2)36-27(35)21-15-24(25-22(29)5-4-6-23(25)30)34-26(21)19-9-7-17(8-10-19)18-11-13-20(14-12-18)37-28(31,32)33/h4-14,16,21,26H,3,15H2,1-2H3/t16?,21?,26-/m0/s1. The van der Waals surface area contributed by atoms with Crippen LogP contribution in [-0.2, 0) is 9.53 Å². The first kappa shape index (κ1) is 26.3. The molecule has 0 N–H and O–H groups in total. The van der Waals surface area contributed by atoms with E-state index in [1.165, 1.54) is 30.3 Å². The molecule has 2 unspecified atom stereocenters. The molecule has 37 heavy (non-hydrogen) atoms. The molecular formula is C28H24F5NO3. The van der Waals surface area contributed by atoms with Crippen molar-refractivity contribution >= 4 is 11.7 Å². The van der Waals surface area contributed by atoms with Crippen molar-refractivity contribution in [3.8, 4) is 16.9 Å². The number of benzene rings is 3. The van der Waals surface area contributed by atoms with Crippen LogP contribution < -0.4 is 4.74 Å². The average molecular weight is 517 g/mol. The minimum Gasteiger partial charge on any atom is -0.462 e. The van der Waals surface area contributed by atoms with Crippen molar-refractivity contribution in [3.63, 3.8) is 0 Å². The van der Waals surface area contributed by atoms with Crippen molar-refractivity contribution in [1.29, 1.82) is 0 Å². The van der Waals surface area contributed by atoms with Gasteiger partial charge in [-0.2, -0.15) is 0 Å². The van der Waals surface area contributed by atoms with E-state index in [0.717, 1.165) is 12.1 Å². The zero-order chi connectivity index (χ0) is 26.7. The lowest BCUT2D eigenvalue weighted by atomic mass is 9.90. The fourth-order valence-electron chi connectivity index (χ4n) is 4.18. The van der Waals surface area contributed by atoms with Gasteiger partial charge in [-0.05, 0) is 54.3 Å². The molecule has 3 aromatic rings. The number of aliphatic imine (C=N–C) groups is 1. The van der Waals surface area contributed by atoms with E-state index in [4.69, 9.17) is 4.74 Å². The summed E-state index contributed by atoms with van der Waals surface area (Å²) in [5, 5.41) is 0. The van der Waals surface area contributed by atoms with Gasteiger partial charge in [-0.15, -0.1) is 13.2 Å². The first-order chi connectivity index (χ1) is 17.6. The Morgan fingerprint density at radius 3 is 2.08 bits per heavy atom. The number of nitrogens with zero attached hydrogens (tertiary/aromatic N) is 1. The molecule has 3 atom stereocenters. The second-order valence-corrected chi connectivity index (χ2v) is 8.78. The van der Waals surface area contributed by atoms with Crippen molar-refractivity contribution < 1.29 is 36.2 Å². The Morgan fingerprint density at radius 2 is 1.54 bits per heavy atom. The SMILES string of the molecule is CCC(C)OC(=O)C1CC(c2c(F)cccc2F)=N[C@H]1c1ccc(-c2ccc(OC(F)(F)F)cc2)cc1. The molecule has 1 heterocycles. The van der Waals surface area contributed by atoms with Gasteiger partial charge >= 0.3 is 12.3 Å². The molecule has 0 bridgehead atoms. The van der Waals surface area contributed by atoms with Crippen molar-refractivity contribution in [2.24, 2.45) is 10.9 Å². The Hall–Kier alpha value is -3.75. The maximum Gasteiger partial charge on any atom is 0.573 e. The molecular weight excluding hydrogens is 493 g/mol. The van der Waals surface area contributed by atoms with Crippen LogP contribution in [0.1, 0.15) is 43.9 Å². The molecule has 0 saturated heterocycles. The Balaban J connectivity index is 1.63. The molecule has 0 amide bonds. The zero-order valence-corrected chi connectivity index (χ0v) is 20.1. The van der Waals surface area contributed by atoms with E-state index in [9.17, 15) is 26.7 Å². The molecule has 4 rings (SSSR count). The highest BCUT2D eigenvalue weighted by Crippen LogP contribution is 2.39. The monoisotopic (exact) mass is 517 g/mol. The van der Waals surface area contributed by atoms with E-state index in [0.29, 0.717) is 23.1 Å². The number of rotatable bonds is 7. The highest BCUT2D eigenvalue weighted by molar-refractivity contribution is 6.04. The largest absolute Gasteiger partial charge is 0.573 e. The molecule has 1 aliphatic rings. The van der Waals surface area contributed by atoms with Crippen LogP contribution in [0.2, 0.25) is 0 Å². The molecule has 0 aromatic heterocycles. The second-order valence-electron chi connectivity index (χ2n) is 8.78. The highest BCUT2D eigenvalue weighted by atomic mass is 19.4. The number of carbonyl (C=O) groups excluding carboxylic acids is 1. The maximum absolute atomic E-state index is 14.5. The highest BCUT2D eigenvalue weighted by Gasteiger charge is 2.39. The summed E-state index contributed by atoms with van der Waals surface area (Å²) in [4.78, 5) is 17.5. The lowest BCUT2D eigenvalue weighted by molar-refractivity contribution is -0.274. The van der Waals surface area contributed by atoms with Crippen LogP contribution in [-0.4, -0.2) is 24.1 Å². The predicted octanol–water partition coefficient (Wildman–Crippen LogP) is 7.42. The Bertz CT molecular complexity index is 1270. The Morgan fingerprint density at radius 1 is 0.973 bits per heavy atom. The number of hydrogen-bond acceptors (Lipinski definition) is 4. The second kappa shape index (κ2) is 10.7. The van der Waals surface area contributed by atoms with Gasteiger partial charge in [-0.1, -0.05) is 49.4 Å². The van der Waals surface area contributed by atoms with Gasteiger partial charge in [0.05, 0.1) is 23.6 Å². The average Bonchev–Trinajstić information content (AvgIpc) is 3.28. The molecule has 0 spiro atoms. The van der Waals surface area contributed by atoms with Gasteiger partial charge in [0.1, 0.15) is 17.4 Å². The molecule has 0 fully saturated rings. The lowest BCUT2D eigenvalue weighted by Gasteiger charge is -2.20. The van der Waals surface area contributed by atoms with Crippen LogP contribution in [0.15, 0.2) is 71.7 Å². The molecule has 4 nitrogen and oxygen atoms in total. The summed E-state index contributed by atoms with van der Waals surface area (Å²) in [5.41, 5.74) is 1.89. The van der Waals surface area contributed by atoms with Gasteiger partial charge in [0.25, 0.3) is 0 Å². The van der Waals surface area contributed by atoms with E-state index in [-0.39, 0.29) is 29.5 Å². The van der Waals surface area contributed by atoms with E-state index in [2.05, 4.69) is 9.73 Å². The van der Waals surface area contributed by atoms with Gasteiger partial charge in [-0.25, -0.2) is 8.78 Å². The number of carbonyl (C=O) groups is 1. The summed E-state index contributed by atoms with van der Waals surface area (Å²) in [6.45, 7) is 3.64. The number of alkyl halides is 3. The minimum atomic E-state index is -4.78. The van der Waals surface area contributed by atoms with Gasteiger partial charge in [0.2, 0.25) is 0 Å². The van der Waals surface area contributed by atoms with Crippen molar-refractivity contribution in [3.05, 3.63) is 89.5 Å². The fourth-order valence-corrected chi connectivity index (χ4v) is 4.18. The van der Waals surface area contributed by atoms with Gasteiger partial charge in [0.15, 0.2) is 0 Å². The summed E-state index contributed by atoms with van der Waals surface area (Å²) in [6.07, 6.45) is -4.48. The summed E-state index contributed by atoms with van der Waals surface area (Å²) >= 11 is 0. The molecule has 9 heteroatoms. The van der Waals surface area contributed by atoms with Crippen LogP contribution in [0.4, 0.5) is 22.0 Å². The summed E-state index contributed by atoms with van der Waals surface area (Å²) in [7, 11) is 0. The topological polar surface area (TPSA) is 47.9 Å². The third-order valence-electron chi connectivity index (χ3n) is 6.21. The maximum atomic E-state index is 14.5. The van der Waals surface area contributed by atoms with Gasteiger partial charge in [-0.3, -0.25) is 9.79 Å². The van der Waals surface area contributed by atoms with E-state index in [1.54, 1.807) is 31.2 Å². The Kier molecular flexibility index (Phi) is 7.61. The van der Waals surface area contributed by atoms with E-state index in [1.807, 2.05) is 6.92 Å². The summed E-state index contributed by atoms with van der Waals surface area (Å²) in [5.74, 6) is -3.13. The molecule has 0 radical (unpaired) electrons. The third-order valence-corrected chi connectivity index (χ3v) is 6.21. The van der Waals surface area contributed by atoms with Crippen LogP contribution in [0.3, 0.4) is 0 Å². The van der Waals surface area contributed by atoms with Crippen molar-refractivity contribution in [2.45, 2.75) is 45.2 Å². The summed E-state index contributed by atoms with van der Waals surface area (Å²) in [6, 6.07) is 15.2. The molecule has 194 valence electrons. The lowest BCUT2D eigenvalue weighted by Crippen LogP contribution is -2.25. The molecule has 0 aliphatic carbocycles. The zero-order valence-electron chi connectivity index (χ0n) is 20.1. The normalized spacial score (nSPS) is 18.3. The summed E-state index contributed by atoms with van der Waals surface area (Å²) < 4.78 is 75.6. The van der Waals surface area contributed by atoms with Crippen molar-refractivity contribution in [1.82, 2.24) is 0 Å². The number of ether oxygens (including phenoxy) is 2. The van der Waals surface area contributed by atoms with Gasteiger partial charge < -0.3 is 9.47 Å². The molecule has 1 aliphatic heterocycles. The number of halogens is 5. The fraction of sp³-hybridized carbons (Fsp3) is 0.286. The van der Waals surface area contributed by atoms with Gasteiger partial charge in [0, 0.05) is 12.1 Å². The van der Waals surface area contributed by atoms with Crippen LogP contribution in [0.25, 0.3) is 11.1 Å². The van der Waals surface area contributed by atoms with Crippen LogP contribution in [0.5, 0.6) is 5.75 Å². The first-order valence-corrected chi connectivity index (χ1v) is 11.7. The Labute approximate surface area is 210 Å². The quantitative estimate of drug-likeness (QED) is 0.242. The van der Waals surface area contributed by atoms with E-state index < -0.39 is 35.9 Å². The minimum absolute atomic E-state index is 0.0141. The first-order valence-electron chi connectivity index (χ1n) is 11.7. The van der Waals surface area contributed by atoms with Crippen LogP contribution in [0, 0.1) is 17.6 Å². The van der Waals surface area contributed by atoms with E-state index >= 15 is 0 Å². The molecule has 3 aromatic carbocycles. The van der Waals surface area contributed by atoms with Crippen molar-refractivity contribution in [2.75, 3.05) is 0 Å².